The predicted octanol–water partition coefficient (Wildman–Crippen LogP) is 4.39. The monoisotopic (exact) mass is 507 g/mol. The molecule has 0 spiro atoms. The molecule has 0 bridgehead atoms. The maximum atomic E-state index is 13.4. The van der Waals surface area contributed by atoms with Crippen LogP contribution in [0.3, 0.4) is 0 Å². The number of carbonyl (C=O) groups is 1. The minimum Gasteiger partial charge on any atom is -0.368 e. The third kappa shape index (κ3) is 5.15. The molecule has 6 nitrogen and oxygen atoms in total. The van der Waals surface area contributed by atoms with Gasteiger partial charge in [0.1, 0.15) is 16.6 Å². The Morgan fingerprint density at radius 2 is 1.79 bits per heavy atom. The molecule has 0 saturated carbocycles. The first-order valence-electron chi connectivity index (χ1n) is 10.4. The van der Waals surface area contributed by atoms with Crippen molar-refractivity contribution < 1.29 is 17.6 Å². The Morgan fingerprint density at radius 1 is 1.09 bits per heavy atom. The molecule has 1 aliphatic heterocycles. The molecule has 2 heterocycles. The number of rotatable bonds is 6. The third-order valence-corrected chi connectivity index (χ3v) is 8.96. The summed E-state index contributed by atoms with van der Waals surface area (Å²) in [4.78, 5) is 17.0. The lowest BCUT2D eigenvalue weighted by molar-refractivity contribution is -0.129. The van der Waals surface area contributed by atoms with Gasteiger partial charge in [0.25, 0.3) is 10.0 Å². The number of anilines is 2. The highest BCUT2D eigenvalue weighted by molar-refractivity contribution is 7.94. The topological polar surface area (TPSA) is 60.9 Å². The van der Waals surface area contributed by atoms with Gasteiger partial charge in [-0.15, -0.1) is 11.3 Å². The van der Waals surface area contributed by atoms with Crippen LogP contribution in [0.15, 0.2) is 64.2 Å². The summed E-state index contributed by atoms with van der Waals surface area (Å²) in [5.41, 5.74) is 2.37. The summed E-state index contributed by atoms with van der Waals surface area (Å²) in [6.45, 7) is 3.80. The van der Waals surface area contributed by atoms with Crippen molar-refractivity contribution in [2.24, 2.45) is 0 Å². The number of aryl methyl sites for hydroxylation is 1. The first kappa shape index (κ1) is 23.5. The Labute approximate surface area is 201 Å². The number of amides is 1. The summed E-state index contributed by atoms with van der Waals surface area (Å²) < 4.78 is 41.1. The highest BCUT2D eigenvalue weighted by atomic mass is 35.5. The number of benzene rings is 2. The Morgan fingerprint density at radius 3 is 2.42 bits per heavy atom. The molecule has 1 aliphatic rings. The van der Waals surface area contributed by atoms with E-state index in [-0.39, 0.29) is 22.3 Å². The van der Waals surface area contributed by atoms with E-state index in [1.165, 1.54) is 30.3 Å². The Bertz CT molecular complexity index is 1230. The molecule has 4 rings (SSSR count). The molecular formula is C23H23ClFN3O3S2. The van der Waals surface area contributed by atoms with Crippen molar-refractivity contribution in [2.45, 2.75) is 11.1 Å². The summed E-state index contributed by atoms with van der Waals surface area (Å²) in [7, 11) is -3.96. The van der Waals surface area contributed by atoms with Crippen molar-refractivity contribution in [1.29, 1.82) is 0 Å². The number of sulfonamides is 1. The molecule has 1 saturated heterocycles. The highest BCUT2D eigenvalue weighted by Gasteiger charge is 2.31. The van der Waals surface area contributed by atoms with E-state index < -0.39 is 15.8 Å². The molecule has 33 heavy (non-hydrogen) atoms. The molecule has 0 aliphatic carbocycles. The minimum absolute atomic E-state index is 0.126. The number of nitrogens with zero attached hydrogens (tertiary/aromatic N) is 3. The Kier molecular flexibility index (Phi) is 6.92. The van der Waals surface area contributed by atoms with Gasteiger partial charge >= 0.3 is 0 Å². The fourth-order valence-corrected chi connectivity index (χ4v) is 6.47. The molecule has 2 aromatic carbocycles. The average molecular weight is 508 g/mol. The van der Waals surface area contributed by atoms with Crippen molar-refractivity contribution in [3.63, 3.8) is 0 Å². The van der Waals surface area contributed by atoms with Gasteiger partial charge < -0.3 is 9.80 Å². The van der Waals surface area contributed by atoms with Crippen LogP contribution in [0.2, 0.25) is 5.02 Å². The number of hydrogen-bond acceptors (Lipinski definition) is 5. The average Bonchev–Trinajstić information content (AvgIpc) is 3.36. The highest BCUT2D eigenvalue weighted by Crippen LogP contribution is 2.28. The van der Waals surface area contributed by atoms with Gasteiger partial charge in [-0.05, 0) is 60.3 Å². The van der Waals surface area contributed by atoms with Crippen molar-refractivity contribution in [2.75, 3.05) is 41.9 Å². The molecule has 1 amide bonds. The zero-order valence-corrected chi connectivity index (χ0v) is 20.3. The van der Waals surface area contributed by atoms with Crippen molar-refractivity contribution in [3.8, 4) is 0 Å². The second-order valence-corrected chi connectivity index (χ2v) is 11.2. The molecule has 3 aromatic rings. The van der Waals surface area contributed by atoms with Gasteiger partial charge in [-0.3, -0.25) is 9.10 Å². The van der Waals surface area contributed by atoms with Gasteiger partial charge in [0, 0.05) is 36.9 Å². The van der Waals surface area contributed by atoms with Crippen LogP contribution in [0, 0.1) is 12.7 Å². The molecule has 1 aromatic heterocycles. The Hall–Kier alpha value is -2.62. The molecule has 0 N–H and O–H groups in total. The first-order valence-corrected chi connectivity index (χ1v) is 13.1. The standard InChI is InChI=1S/C23H23ClFN3O3S2/c1-17-4-5-18(24)15-21(17)26-10-12-27(13-11-26)22(29)16-28(20-8-6-19(25)7-9-20)33(30,31)23-3-2-14-32-23/h2-9,14-15H,10-13,16H2,1H3. The van der Waals surface area contributed by atoms with Crippen LogP contribution in [-0.4, -0.2) is 51.9 Å². The van der Waals surface area contributed by atoms with Crippen LogP contribution in [0.4, 0.5) is 15.8 Å². The van der Waals surface area contributed by atoms with Crippen molar-refractivity contribution in [1.82, 2.24) is 4.90 Å². The van der Waals surface area contributed by atoms with Gasteiger partial charge in [-0.1, -0.05) is 23.7 Å². The van der Waals surface area contributed by atoms with Crippen LogP contribution in [0.25, 0.3) is 0 Å². The lowest BCUT2D eigenvalue weighted by Crippen LogP contribution is -2.52. The summed E-state index contributed by atoms with van der Waals surface area (Å²) in [6.07, 6.45) is 0. The van der Waals surface area contributed by atoms with Crippen LogP contribution in [-0.2, 0) is 14.8 Å². The number of carbonyl (C=O) groups excluding carboxylic acids is 1. The van der Waals surface area contributed by atoms with Gasteiger partial charge in [-0.2, -0.15) is 0 Å². The summed E-state index contributed by atoms with van der Waals surface area (Å²) in [5, 5.41) is 2.32. The maximum Gasteiger partial charge on any atom is 0.274 e. The van der Waals surface area contributed by atoms with Crippen LogP contribution in [0.1, 0.15) is 5.56 Å². The van der Waals surface area contributed by atoms with Gasteiger partial charge in [0.05, 0.1) is 5.69 Å². The van der Waals surface area contributed by atoms with Gasteiger partial charge in [-0.25, -0.2) is 12.8 Å². The fourth-order valence-electron chi connectivity index (χ4n) is 3.78. The van der Waals surface area contributed by atoms with Crippen molar-refractivity contribution in [3.05, 3.63) is 76.4 Å². The molecular weight excluding hydrogens is 485 g/mol. The summed E-state index contributed by atoms with van der Waals surface area (Å²) in [5.74, 6) is -0.784. The fraction of sp³-hybridized carbons (Fsp3) is 0.261. The smallest absolute Gasteiger partial charge is 0.274 e. The molecule has 1 fully saturated rings. The normalized spacial score (nSPS) is 14.4. The quantitative estimate of drug-likeness (QED) is 0.496. The van der Waals surface area contributed by atoms with E-state index in [1.807, 2.05) is 25.1 Å². The van der Waals surface area contributed by atoms with Gasteiger partial charge in [0.15, 0.2) is 0 Å². The lowest BCUT2D eigenvalue weighted by Gasteiger charge is -2.37. The van der Waals surface area contributed by atoms with E-state index in [9.17, 15) is 17.6 Å². The van der Waals surface area contributed by atoms with E-state index >= 15 is 0 Å². The number of halogens is 2. The number of hydrogen-bond donors (Lipinski definition) is 0. The van der Waals surface area contributed by atoms with Crippen LogP contribution in [0.5, 0.6) is 0 Å². The SMILES string of the molecule is Cc1ccc(Cl)cc1N1CCN(C(=O)CN(c2ccc(F)cc2)S(=O)(=O)c2cccs2)CC1. The minimum atomic E-state index is -3.96. The maximum absolute atomic E-state index is 13.4. The first-order chi connectivity index (χ1) is 15.8. The van der Waals surface area contributed by atoms with Crippen molar-refractivity contribution >= 4 is 50.2 Å². The molecule has 174 valence electrons. The second kappa shape index (κ2) is 9.70. The van der Waals surface area contributed by atoms with Gasteiger partial charge in [0.2, 0.25) is 5.91 Å². The zero-order valence-electron chi connectivity index (χ0n) is 17.9. The van der Waals surface area contributed by atoms with E-state index in [2.05, 4.69) is 4.90 Å². The largest absolute Gasteiger partial charge is 0.368 e. The molecule has 0 atom stereocenters. The van der Waals surface area contributed by atoms with Crippen LogP contribution >= 0.6 is 22.9 Å². The zero-order chi connectivity index (χ0) is 23.6. The molecule has 10 heteroatoms. The molecule has 0 radical (unpaired) electrons. The summed E-state index contributed by atoms with van der Waals surface area (Å²) in [6, 6.07) is 14.0. The van der Waals surface area contributed by atoms with E-state index in [1.54, 1.807) is 16.3 Å². The predicted molar refractivity (Wildman–Crippen MR) is 130 cm³/mol. The Balaban J connectivity index is 1.51. The third-order valence-electron chi connectivity index (χ3n) is 5.58. The lowest BCUT2D eigenvalue weighted by atomic mass is 10.1. The van der Waals surface area contributed by atoms with E-state index in [0.717, 1.165) is 26.9 Å². The second-order valence-electron chi connectivity index (χ2n) is 7.72. The molecule has 0 unspecified atom stereocenters. The van der Waals surface area contributed by atoms with E-state index in [0.29, 0.717) is 31.2 Å². The number of thiophene rings is 1. The van der Waals surface area contributed by atoms with E-state index in [4.69, 9.17) is 11.6 Å². The summed E-state index contributed by atoms with van der Waals surface area (Å²) >= 11 is 7.22. The van der Waals surface area contributed by atoms with Crippen LogP contribution < -0.4 is 9.21 Å². The number of piperazine rings is 1.